The normalized spacial score (nSPS) is 29.2. The Labute approximate surface area is 141 Å². The molecule has 10 heteroatoms. The molecule has 23 heavy (non-hydrogen) atoms. The van der Waals surface area contributed by atoms with Crippen LogP contribution in [0, 0.1) is 5.92 Å². The van der Waals surface area contributed by atoms with Gasteiger partial charge in [0.25, 0.3) is 5.67 Å². The van der Waals surface area contributed by atoms with Gasteiger partial charge in [-0.3, -0.25) is 0 Å². The Morgan fingerprint density at radius 3 is 1.48 bits per heavy atom. The molecular weight excluding hydrogens is 454 g/mol. The van der Waals surface area contributed by atoms with Gasteiger partial charge in [-0.05, 0) is 6.42 Å². The first kappa shape index (κ1) is 21.1. The van der Waals surface area contributed by atoms with Crippen LogP contribution in [-0.4, -0.2) is 33.3 Å². The summed E-state index contributed by atoms with van der Waals surface area (Å²) in [6.45, 7) is 2.34. The van der Waals surface area contributed by atoms with Crippen molar-refractivity contribution < 1.29 is 39.5 Å². The van der Waals surface area contributed by atoms with E-state index in [1.807, 2.05) is 0 Å². The molecule has 0 nitrogen and oxygen atoms in total. The molecule has 1 rings (SSSR count). The molecule has 1 fully saturated rings. The van der Waals surface area contributed by atoms with Crippen molar-refractivity contribution in [3.05, 3.63) is 0 Å². The summed E-state index contributed by atoms with van der Waals surface area (Å²) in [5.41, 5.74) is -5.34. The fourth-order valence-electron chi connectivity index (χ4n) is 2.71. The van der Waals surface area contributed by atoms with Crippen LogP contribution < -0.4 is 0 Å². The lowest BCUT2D eigenvalue weighted by Gasteiger charge is -2.38. The number of alkyl halides is 10. The average Bonchev–Trinajstić information content (AvgIpc) is 2.48. The Morgan fingerprint density at radius 2 is 1.13 bits per heavy atom. The van der Waals surface area contributed by atoms with Crippen LogP contribution in [-0.2, 0) is 0 Å². The first-order valence-corrected chi connectivity index (χ1v) is 8.23. The van der Waals surface area contributed by atoms with Crippen molar-refractivity contribution in [1.82, 2.24) is 0 Å². The molecule has 0 aromatic rings. The maximum absolute atomic E-state index is 14.5. The van der Waals surface area contributed by atoms with Crippen LogP contribution in [0.2, 0.25) is 0 Å². The Hall–Kier alpha value is 0.1000. The van der Waals surface area contributed by atoms with Crippen molar-refractivity contribution in [2.45, 2.75) is 72.8 Å². The lowest BCUT2D eigenvalue weighted by molar-refractivity contribution is -0.303. The van der Waals surface area contributed by atoms with Gasteiger partial charge >= 0.3 is 23.7 Å². The van der Waals surface area contributed by atoms with Crippen molar-refractivity contribution in [2.24, 2.45) is 5.92 Å². The van der Waals surface area contributed by atoms with E-state index in [1.165, 1.54) is 22.6 Å². The summed E-state index contributed by atoms with van der Waals surface area (Å²) in [5, 5.41) is 0. The first-order valence-electron chi connectivity index (χ1n) is 6.98. The summed E-state index contributed by atoms with van der Waals surface area (Å²) in [4.78, 5) is 0. The molecule has 0 spiro atoms. The predicted molar refractivity (Wildman–Crippen MR) is 74.7 cm³/mol. The average molecular weight is 470 g/mol. The molecule has 0 aromatic heterocycles. The van der Waals surface area contributed by atoms with E-state index in [1.54, 1.807) is 6.92 Å². The lowest BCUT2D eigenvalue weighted by atomic mass is 9.80. The zero-order chi connectivity index (χ0) is 18.5. The molecule has 138 valence electrons. The van der Waals surface area contributed by atoms with Crippen molar-refractivity contribution in [1.29, 1.82) is 0 Å². The molecule has 1 saturated carbocycles. The lowest BCUT2D eigenvalue weighted by Crippen LogP contribution is -2.60. The Bertz CT molecular complexity index is 409. The molecule has 2 atom stereocenters. The van der Waals surface area contributed by atoms with Gasteiger partial charge in [0.1, 0.15) is 0 Å². The summed E-state index contributed by atoms with van der Waals surface area (Å²) in [6, 6.07) is 0. The number of rotatable bonds is 6. The summed E-state index contributed by atoms with van der Waals surface area (Å²) in [6.07, 6.45) is 1.62. The van der Waals surface area contributed by atoms with E-state index in [2.05, 4.69) is 0 Å². The van der Waals surface area contributed by atoms with Crippen LogP contribution in [0.25, 0.3) is 0 Å². The molecule has 0 aromatic carbocycles. The SMILES string of the molecule is CCCCCC(I)C(C)C1(F)C(F)(F)C(F)(F)C(F)(F)C1(F)F. The second-order valence-electron chi connectivity index (χ2n) is 5.81. The van der Waals surface area contributed by atoms with Crippen LogP contribution >= 0.6 is 22.6 Å². The highest BCUT2D eigenvalue weighted by Crippen LogP contribution is 2.71. The van der Waals surface area contributed by atoms with Crippen LogP contribution in [0.3, 0.4) is 0 Å². The number of hydrogen-bond acceptors (Lipinski definition) is 0. The highest BCUT2D eigenvalue weighted by Gasteiger charge is 3.01. The highest BCUT2D eigenvalue weighted by atomic mass is 127. The highest BCUT2D eigenvalue weighted by molar-refractivity contribution is 14.1. The maximum Gasteiger partial charge on any atom is 0.381 e. The molecule has 0 N–H and O–H groups in total. The van der Waals surface area contributed by atoms with Crippen molar-refractivity contribution in [3.8, 4) is 0 Å². The predicted octanol–water partition coefficient (Wildman–Crippen LogP) is 6.27. The quantitative estimate of drug-likeness (QED) is 0.186. The second kappa shape index (κ2) is 6.12. The van der Waals surface area contributed by atoms with Crippen molar-refractivity contribution >= 4 is 22.6 Å². The monoisotopic (exact) mass is 470 g/mol. The Balaban J connectivity index is 3.30. The van der Waals surface area contributed by atoms with Gasteiger partial charge in [-0.15, -0.1) is 0 Å². The fraction of sp³-hybridized carbons (Fsp3) is 1.00. The van der Waals surface area contributed by atoms with E-state index in [4.69, 9.17) is 0 Å². The topological polar surface area (TPSA) is 0 Å². The van der Waals surface area contributed by atoms with E-state index in [0.29, 0.717) is 26.2 Å². The third kappa shape index (κ3) is 2.47. The molecule has 0 radical (unpaired) electrons. The zero-order valence-electron chi connectivity index (χ0n) is 12.3. The van der Waals surface area contributed by atoms with Gasteiger partial charge in [-0.25, -0.2) is 4.39 Å². The third-order valence-corrected chi connectivity index (χ3v) is 6.05. The molecule has 1 aliphatic carbocycles. The molecule has 1 aliphatic rings. The van der Waals surface area contributed by atoms with E-state index < -0.39 is 39.2 Å². The van der Waals surface area contributed by atoms with Crippen molar-refractivity contribution in [2.75, 3.05) is 0 Å². The maximum atomic E-state index is 14.5. The Kier molecular flexibility index (Phi) is 5.62. The van der Waals surface area contributed by atoms with E-state index in [0.717, 1.165) is 0 Å². The molecule has 0 amide bonds. The zero-order valence-corrected chi connectivity index (χ0v) is 14.4. The fourth-order valence-corrected chi connectivity index (χ4v) is 3.64. The summed E-state index contributed by atoms with van der Waals surface area (Å²) in [7, 11) is 0. The van der Waals surface area contributed by atoms with Gasteiger partial charge in [0.2, 0.25) is 0 Å². The van der Waals surface area contributed by atoms with Crippen LogP contribution in [0.15, 0.2) is 0 Å². The third-order valence-electron chi connectivity index (χ3n) is 4.35. The summed E-state index contributed by atoms with van der Waals surface area (Å²) in [5.74, 6) is -27.7. The minimum Gasteiger partial charge on any atom is -0.230 e. The van der Waals surface area contributed by atoms with Gasteiger partial charge in [-0.2, -0.15) is 35.1 Å². The smallest absolute Gasteiger partial charge is 0.230 e. The largest absolute Gasteiger partial charge is 0.381 e. The number of halogens is 10. The van der Waals surface area contributed by atoms with Gasteiger partial charge in [0.05, 0.1) is 0 Å². The van der Waals surface area contributed by atoms with Crippen molar-refractivity contribution in [3.63, 3.8) is 0 Å². The standard InChI is InChI=1S/C13H16F9I/c1-3-4-5-6-8(23)7(2)9(14)10(15,16)12(19,20)13(21,22)11(9,17)18/h7-8H,3-6H2,1-2H3. The van der Waals surface area contributed by atoms with E-state index >= 15 is 0 Å². The van der Waals surface area contributed by atoms with Crippen LogP contribution in [0.4, 0.5) is 39.5 Å². The molecular formula is C13H16F9I. The summed E-state index contributed by atoms with van der Waals surface area (Å²) >= 11 is 1.37. The van der Waals surface area contributed by atoms with E-state index in [-0.39, 0.29) is 6.42 Å². The molecule has 2 unspecified atom stereocenters. The minimum atomic E-state index is -6.48. The van der Waals surface area contributed by atoms with Crippen LogP contribution in [0.1, 0.15) is 39.5 Å². The van der Waals surface area contributed by atoms with Gasteiger partial charge in [0, 0.05) is 9.84 Å². The van der Waals surface area contributed by atoms with Gasteiger partial charge in [-0.1, -0.05) is 55.7 Å². The molecule has 0 saturated heterocycles. The molecule has 0 aliphatic heterocycles. The number of hydrogen-bond donors (Lipinski definition) is 0. The first-order chi connectivity index (χ1) is 10.1. The van der Waals surface area contributed by atoms with E-state index in [9.17, 15) is 39.5 Å². The Morgan fingerprint density at radius 1 is 0.739 bits per heavy atom. The second-order valence-corrected chi connectivity index (χ2v) is 7.41. The van der Waals surface area contributed by atoms with Gasteiger partial charge < -0.3 is 0 Å². The molecule has 0 bridgehead atoms. The van der Waals surface area contributed by atoms with Gasteiger partial charge in [0.15, 0.2) is 0 Å². The van der Waals surface area contributed by atoms with Crippen LogP contribution in [0.5, 0.6) is 0 Å². The number of unbranched alkanes of at least 4 members (excludes halogenated alkanes) is 2. The summed E-state index contributed by atoms with van der Waals surface area (Å²) < 4.78 is 121. The minimum absolute atomic E-state index is 0.0233. The molecule has 0 heterocycles.